The van der Waals surface area contributed by atoms with Crippen molar-refractivity contribution in [3.8, 4) is 11.4 Å². The van der Waals surface area contributed by atoms with E-state index in [1.807, 2.05) is 30.3 Å². The number of nitrogens with zero attached hydrogens (tertiary/aromatic N) is 3. The summed E-state index contributed by atoms with van der Waals surface area (Å²) >= 11 is 0. The second-order valence-electron chi connectivity index (χ2n) is 6.66. The molecule has 4 rings (SSSR count). The number of aromatic nitrogens is 2. The minimum absolute atomic E-state index is 0.0252. The topological polar surface area (TPSA) is 96.7 Å². The summed E-state index contributed by atoms with van der Waals surface area (Å²) in [5.74, 6) is -0.466. The lowest BCUT2D eigenvalue weighted by Crippen LogP contribution is -2.39. The van der Waals surface area contributed by atoms with Crippen molar-refractivity contribution in [2.75, 3.05) is 19.0 Å². The van der Waals surface area contributed by atoms with Crippen molar-refractivity contribution in [3.63, 3.8) is 0 Å². The first kappa shape index (κ1) is 18.5. The van der Waals surface area contributed by atoms with Gasteiger partial charge in [0.2, 0.25) is 0 Å². The van der Waals surface area contributed by atoms with E-state index in [2.05, 4.69) is 10.4 Å². The molecule has 2 amide bonds. The number of hydrogen-bond acceptors (Lipinski definition) is 4. The van der Waals surface area contributed by atoms with Crippen molar-refractivity contribution in [3.05, 3.63) is 71.5 Å². The molecule has 0 unspecified atom stereocenters. The molecule has 0 spiro atoms. The smallest absolute Gasteiger partial charge is 0.356 e. The number of fused-ring (bicyclic) bond motifs is 1. The lowest BCUT2D eigenvalue weighted by atomic mass is 10.1. The quantitative estimate of drug-likeness (QED) is 0.711. The fourth-order valence-electron chi connectivity index (χ4n) is 3.45. The molecule has 2 heterocycles. The lowest BCUT2D eigenvalue weighted by Gasteiger charge is -2.28. The van der Waals surface area contributed by atoms with E-state index in [0.29, 0.717) is 30.0 Å². The average Bonchev–Trinajstić information content (AvgIpc) is 3.13. The predicted octanol–water partition coefficient (Wildman–Crippen LogP) is 3.17. The Morgan fingerprint density at radius 1 is 1.14 bits per heavy atom. The monoisotopic (exact) mass is 392 g/mol. The van der Waals surface area contributed by atoms with Gasteiger partial charge in [-0.1, -0.05) is 24.3 Å². The largest absolute Gasteiger partial charge is 0.497 e. The van der Waals surface area contributed by atoms with Gasteiger partial charge in [-0.05, 0) is 24.3 Å². The fraction of sp³-hybridized carbons (Fsp3) is 0.190. The summed E-state index contributed by atoms with van der Waals surface area (Å²) < 4.78 is 6.84. The second-order valence-corrected chi connectivity index (χ2v) is 6.66. The van der Waals surface area contributed by atoms with Gasteiger partial charge in [0.05, 0.1) is 25.0 Å². The number of rotatable bonds is 4. The number of carboxylic acids is 1. The summed E-state index contributed by atoms with van der Waals surface area (Å²) in [4.78, 5) is 26.1. The zero-order valence-electron chi connectivity index (χ0n) is 15.8. The zero-order chi connectivity index (χ0) is 20.4. The van der Waals surface area contributed by atoms with Crippen LogP contribution in [-0.2, 0) is 13.0 Å². The zero-order valence-corrected chi connectivity index (χ0v) is 15.8. The molecule has 1 aliphatic rings. The summed E-state index contributed by atoms with van der Waals surface area (Å²) in [5.41, 5.74) is 2.76. The summed E-state index contributed by atoms with van der Waals surface area (Å²) in [6, 6.07) is 16.2. The number of carbonyl (C=O) groups excluding carboxylic acids is 1. The molecule has 0 radical (unpaired) electrons. The average molecular weight is 392 g/mol. The van der Waals surface area contributed by atoms with Crippen LogP contribution in [0.15, 0.2) is 54.6 Å². The van der Waals surface area contributed by atoms with E-state index in [4.69, 9.17) is 4.74 Å². The van der Waals surface area contributed by atoms with Gasteiger partial charge in [0.25, 0.3) is 0 Å². The molecular formula is C21H20N4O4. The van der Waals surface area contributed by atoms with Crippen molar-refractivity contribution in [2.45, 2.75) is 13.0 Å². The Bertz CT molecular complexity index is 1060. The molecule has 1 aliphatic heterocycles. The normalized spacial score (nSPS) is 12.9. The predicted molar refractivity (Wildman–Crippen MR) is 107 cm³/mol. The lowest BCUT2D eigenvalue weighted by molar-refractivity contribution is 0.0687. The van der Waals surface area contributed by atoms with Gasteiger partial charge in [-0.15, -0.1) is 0 Å². The number of nitrogens with one attached hydrogen (secondary N) is 1. The maximum Gasteiger partial charge on any atom is 0.356 e. The Balaban J connectivity index is 1.60. The standard InChI is InChI=1S/C21H20N4O4/c1-29-16-9-5-6-14(12-16)22-21(28)24-11-10-18-17(13-24)19(20(26)27)23-25(18)15-7-3-2-4-8-15/h2-9,12H,10-11,13H2,1H3,(H,22,28)(H,26,27). The van der Waals surface area contributed by atoms with Crippen LogP contribution in [0.1, 0.15) is 21.7 Å². The molecule has 8 nitrogen and oxygen atoms in total. The minimum Gasteiger partial charge on any atom is -0.497 e. The number of urea groups is 1. The van der Waals surface area contributed by atoms with Crippen molar-refractivity contribution in [2.24, 2.45) is 0 Å². The Morgan fingerprint density at radius 2 is 1.93 bits per heavy atom. The molecule has 2 N–H and O–H groups in total. The fourth-order valence-corrected chi connectivity index (χ4v) is 3.45. The number of carboxylic acid groups (broad SMARTS) is 1. The van der Waals surface area contributed by atoms with Crippen LogP contribution < -0.4 is 10.1 Å². The molecule has 3 aromatic rings. The summed E-state index contributed by atoms with van der Waals surface area (Å²) in [7, 11) is 1.56. The molecule has 0 saturated heterocycles. The molecule has 0 saturated carbocycles. The number of ether oxygens (including phenoxy) is 1. The maximum atomic E-state index is 12.7. The third-order valence-electron chi connectivity index (χ3n) is 4.87. The molecule has 0 atom stereocenters. The third kappa shape index (κ3) is 3.64. The van der Waals surface area contributed by atoms with E-state index in [1.165, 1.54) is 0 Å². The van der Waals surface area contributed by atoms with Crippen molar-refractivity contribution < 1.29 is 19.4 Å². The number of para-hydroxylation sites is 1. The van der Waals surface area contributed by atoms with Gasteiger partial charge in [0.1, 0.15) is 5.75 Å². The minimum atomic E-state index is -1.11. The molecule has 29 heavy (non-hydrogen) atoms. The first-order valence-corrected chi connectivity index (χ1v) is 9.16. The van der Waals surface area contributed by atoms with Crippen LogP contribution in [-0.4, -0.2) is 45.4 Å². The number of methoxy groups -OCH3 is 1. The summed E-state index contributed by atoms with van der Waals surface area (Å²) in [6.45, 7) is 0.639. The van der Waals surface area contributed by atoms with Crippen LogP contribution in [0.5, 0.6) is 5.75 Å². The van der Waals surface area contributed by atoms with Gasteiger partial charge in [-0.3, -0.25) is 0 Å². The maximum absolute atomic E-state index is 12.7. The van der Waals surface area contributed by atoms with Crippen LogP contribution in [0.4, 0.5) is 10.5 Å². The van der Waals surface area contributed by atoms with Gasteiger partial charge in [0, 0.05) is 30.3 Å². The highest BCUT2D eigenvalue weighted by molar-refractivity contribution is 5.91. The Labute approximate surface area is 167 Å². The number of anilines is 1. The van der Waals surface area contributed by atoms with Gasteiger partial charge < -0.3 is 20.1 Å². The Hall–Kier alpha value is -3.81. The van der Waals surface area contributed by atoms with E-state index < -0.39 is 5.97 Å². The number of carbonyl (C=O) groups is 2. The van der Waals surface area contributed by atoms with Gasteiger partial charge >= 0.3 is 12.0 Å². The van der Waals surface area contributed by atoms with E-state index >= 15 is 0 Å². The highest BCUT2D eigenvalue weighted by Crippen LogP contribution is 2.26. The van der Waals surface area contributed by atoms with Crippen molar-refractivity contribution >= 4 is 17.7 Å². The Morgan fingerprint density at radius 3 is 2.66 bits per heavy atom. The van der Waals surface area contributed by atoms with Crippen molar-refractivity contribution in [1.29, 1.82) is 0 Å². The number of hydrogen-bond donors (Lipinski definition) is 2. The molecule has 8 heteroatoms. The molecule has 1 aromatic heterocycles. The van der Waals surface area contributed by atoms with Gasteiger partial charge in [-0.2, -0.15) is 5.10 Å². The highest BCUT2D eigenvalue weighted by Gasteiger charge is 2.30. The second kappa shape index (κ2) is 7.67. The van der Waals surface area contributed by atoms with E-state index in [-0.39, 0.29) is 18.3 Å². The first-order valence-electron chi connectivity index (χ1n) is 9.16. The summed E-state index contributed by atoms with van der Waals surface area (Å²) in [5, 5.41) is 16.8. The van der Waals surface area contributed by atoms with Crippen LogP contribution in [0, 0.1) is 0 Å². The SMILES string of the molecule is COc1cccc(NC(=O)N2CCc3c(c(C(=O)O)nn3-c3ccccc3)C2)c1. The number of amides is 2. The van der Waals surface area contributed by atoms with Crippen LogP contribution >= 0.6 is 0 Å². The third-order valence-corrected chi connectivity index (χ3v) is 4.87. The number of aromatic carboxylic acids is 1. The highest BCUT2D eigenvalue weighted by atomic mass is 16.5. The van der Waals surface area contributed by atoms with Crippen LogP contribution in [0.3, 0.4) is 0 Å². The van der Waals surface area contributed by atoms with E-state index in [1.54, 1.807) is 41.0 Å². The molecular weight excluding hydrogens is 372 g/mol. The van der Waals surface area contributed by atoms with Crippen molar-refractivity contribution in [1.82, 2.24) is 14.7 Å². The molecule has 0 fully saturated rings. The number of benzene rings is 2. The summed E-state index contributed by atoms with van der Waals surface area (Å²) in [6.07, 6.45) is 0.510. The first-order chi connectivity index (χ1) is 14.1. The van der Waals surface area contributed by atoms with E-state index in [9.17, 15) is 14.7 Å². The molecule has 0 aliphatic carbocycles. The Kier molecular flexibility index (Phi) is 4.90. The van der Waals surface area contributed by atoms with Crippen LogP contribution in [0.25, 0.3) is 5.69 Å². The molecule has 2 aromatic carbocycles. The van der Waals surface area contributed by atoms with Crippen LogP contribution in [0.2, 0.25) is 0 Å². The van der Waals surface area contributed by atoms with E-state index in [0.717, 1.165) is 11.4 Å². The van der Waals surface area contributed by atoms with Gasteiger partial charge in [-0.25, -0.2) is 14.3 Å². The molecule has 0 bridgehead atoms. The molecule has 148 valence electrons. The van der Waals surface area contributed by atoms with Gasteiger partial charge in [0.15, 0.2) is 5.69 Å².